The number of aromatic nitrogens is 2. The van der Waals surface area contributed by atoms with Crippen molar-refractivity contribution in [2.24, 2.45) is 10.7 Å². The topological polar surface area (TPSA) is 68.2 Å². The van der Waals surface area contributed by atoms with Crippen molar-refractivity contribution < 1.29 is 0 Å². The molecule has 0 saturated heterocycles. The van der Waals surface area contributed by atoms with Crippen LogP contribution in [0.1, 0.15) is 29.7 Å². The SMILES string of the molecule is CC(NC(N)=NCc1ccc(Cn2ccnc2)cc1)c1ccc(Cl)cc1Cl.I. The molecular formula is C20H22Cl2IN5. The monoisotopic (exact) mass is 529 g/mol. The van der Waals surface area contributed by atoms with Crippen molar-refractivity contribution in [3.63, 3.8) is 0 Å². The second-order valence-electron chi connectivity index (χ2n) is 6.28. The molecule has 2 aromatic carbocycles. The van der Waals surface area contributed by atoms with Crippen LogP contribution < -0.4 is 11.1 Å². The lowest BCUT2D eigenvalue weighted by Crippen LogP contribution is -2.34. The lowest BCUT2D eigenvalue weighted by molar-refractivity contribution is 0.708. The molecule has 8 heteroatoms. The van der Waals surface area contributed by atoms with Gasteiger partial charge in [-0.1, -0.05) is 53.5 Å². The first kappa shape index (κ1) is 22.5. The molecule has 1 unspecified atom stereocenters. The smallest absolute Gasteiger partial charge is 0.189 e. The highest BCUT2D eigenvalue weighted by Crippen LogP contribution is 2.25. The fraction of sp³-hybridized carbons (Fsp3) is 0.200. The number of hydrogen-bond donors (Lipinski definition) is 2. The van der Waals surface area contributed by atoms with Crippen LogP contribution in [0.2, 0.25) is 10.0 Å². The zero-order valence-corrected chi connectivity index (χ0v) is 19.2. The van der Waals surface area contributed by atoms with Gasteiger partial charge in [-0.05, 0) is 35.7 Å². The Morgan fingerprint density at radius 2 is 1.89 bits per heavy atom. The van der Waals surface area contributed by atoms with Gasteiger partial charge in [-0.15, -0.1) is 24.0 Å². The van der Waals surface area contributed by atoms with Crippen molar-refractivity contribution in [2.45, 2.75) is 26.1 Å². The van der Waals surface area contributed by atoms with Gasteiger partial charge in [-0.3, -0.25) is 0 Å². The Morgan fingerprint density at radius 1 is 1.18 bits per heavy atom. The van der Waals surface area contributed by atoms with Crippen molar-refractivity contribution in [1.29, 1.82) is 0 Å². The van der Waals surface area contributed by atoms with E-state index in [0.29, 0.717) is 22.5 Å². The zero-order valence-electron chi connectivity index (χ0n) is 15.3. The van der Waals surface area contributed by atoms with Gasteiger partial charge in [-0.2, -0.15) is 0 Å². The van der Waals surface area contributed by atoms with Crippen LogP contribution in [0.15, 0.2) is 66.2 Å². The summed E-state index contributed by atoms with van der Waals surface area (Å²) in [6.45, 7) is 3.28. The molecule has 3 rings (SSSR count). The second-order valence-corrected chi connectivity index (χ2v) is 7.13. The van der Waals surface area contributed by atoms with E-state index in [9.17, 15) is 0 Å². The largest absolute Gasteiger partial charge is 0.370 e. The Bertz CT molecular complexity index is 911. The molecule has 0 spiro atoms. The predicted molar refractivity (Wildman–Crippen MR) is 127 cm³/mol. The van der Waals surface area contributed by atoms with Gasteiger partial charge in [0.15, 0.2) is 5.96 Å². The van der Waals surface area contributed by atoms with Crippen molar-refractivity contribution in [2.75, 3.05) is 0 Å². The summed E-state index contributed by atoms with van der Waals surface area (Å²) in [6.07, 6.45) is 5.52. The molecule has 3 N–H and O–H groups in total. The maximum atomic E-state index is 6.24. The van der Waals surface area contributed by atoms with Gasteiger partial charge in [0.2, 0.25) is 0 Å². The van der Waals surface area contributed by atoms with Crippen molar-refractivity contribution in [3.05, 3.63) is 87.9 Å². The minimum absolute atomic E-state index is 0. The third-order valence-corrected chi connectivity index (χ3v) is 4.74. The number of hydrogen-bond acceptors (Lipinski definition) is 2. The summed E-state index contributed by atoms with van der Waals surface area (Å²) in [5.41, 5.74) is 9.23. The van der Waals surface area contributed by atoms with E-state index in [4.69, 9.17) is 28.9 Å². The molecule has 0 saturated carbocycles. The first-order valence-corrected chi connectivity index (χ1v) is 9.32. The molecule has 3 aromatic rings. The van der Waals surface area contributed by atoms with Gasteiger partial charge in [0.25, 0.3) is 0 Å². The van der Waals surface area contributed by atoms with Crippen LogP contribution in [0.4, 0.5) is 0 Å². The van der Waals surface area contributed by atoms with Gasteiger partial charge in [0, 0.05) is 29.0 Å². The highest BCUT2D eigenvalue weighted by atomic mass is 127. The number of benzene rings is 2. The molecule has 0 bridgehead atoms. The maximum Gasteiger partial charge on any atom is 0.189 e. The Balaban J connectivity index is 0.00000280. The first-order chi connectivity index (χ1) is 13.0. The number of aliphatic imine (C=N–C) groups is 1. The van der Waals surface area contributed by atoms with Gasteiger partial charge in [0.1, 0.15) is 0 Å². The van der Waals surface area contributed by atoms with E-state index in [-0.39, 0.29) is 30.0 Å². The Morgan fingerprint density at radius 3 is 2.54 bits per heavy atom. The average Bonchev–Trinajstić information content (AvgIpc) is 3.14. The van der Waals surface area contributed by atoms with Gasteiger partial charge in [0.05, 0.1) is 18.9 Å². The molecule has 0 aliphatic rings. The van der Waals surface area contributed by atoms with E-state index in [1.54, 1.807) is 24.7 Å². The molecular weight excluding hydrogens is 508 g/mol. The number of imidazole rings is 1. The molecule has 148 valence electrons. The summed E-state index contributed by atoms with van der Waals surface area (Å²) >= 11 is 12.2. The van der Waals surface area contributed by atoms with Crippen molar-refractivity contribution >= 4 is 53.1 Å². The quantitative estimate of drug-likeness (QED) is 0.267. The summed E-state index contributed by atoms with van der Waals surface area (Å²) in [7, 11) is 0. The summed E-state index contributed by atoms with van der Waals surface area (Å²) in [6, 6.07) is 13.6. The number of nitrogens with one attached hydrogen (secondary N) is 1. The molecule has 5 nitrogen and oxygen atoms in total. The summed E-state index contributed by atoms with van der Waals surface area (Å²) in [5.74, 6) is 0.371. The highest BCUT2D eigenvalue weighted by molar-refractivity contribution is 14.0. The standard InChI is InChI=1S/C20H21Cl2N5.HI/c1-14(18-7-6-17(21)10-19(18)22)26-20(23)25-11-15-2-4-16(5-3-15)12-27-9-8-24-13-27;/h2-10,13-14H,11-12H2,1H3,(H3,23,25,26);1H. The molecule has 0 aliphatic carbocycles. The van der Waals surface area contributed by atoms with E-state index in [0.717, 1.165) is 17.7 Å². The van der Waals surface area contributed by atoms with Crippen LogP contribution in [-0.2, 0) is 13.1 Å². The van der Waals surface area contributed by atoms with Gasteiger partial charge < -0.3 is 15.6 Å². The molecule has 0 amide bonds. The normalized spacial score (nSPS) is 12.3. The second kappa shape index (κ2) is 10.7. The molecule has 1 atom stereocenters. The summed E-state index contributed by atoms with van der Waals surface area (Å²) in [4.78, 5) is 8.46. The number of guanidine groups is 1. The Hall–Kier alpha value is -1.77. The van der Waals surface area contributed by atoms with E-state index < -0.39 is 0 Å². The van der Waals surface area contributed by atoms with Gasteiger partial charge >= 0.3 is 0 Å². The predicted octanol–water partition coefficient (Wildman–Crippen LogP) is 5.02. The van der Waals surface area contributed by atoms with Crippen LogP contribution in [0.3, 0.4) is 0 Å². The fourth-order valence-electron chi connectivity index (χ4n) is 2.72. The summed E-state index contributed by atoms with van der Waals surface area (Å²) < 4.78 is 2.03. The Kier molecular flexibility index (Phi) is 8.59. The number of halogens is 3. The molecule has 0 fully saturated rings. The van der Waals surface area contributed by atoms with Gasteiger partial charge in [-0.25, -0.2) is 9.98 Å². The number of rotatable bonds is 6. The third kappa shape index (κ3) is 6.39. The minimum atomic E-state index is -0.0731. The molecule has 28 heavy (non-hydrogen) atoms. The maximum absolute atomic E-state index is 6.24. The van der Waals surface area contributed by atoms with E-state index >= 15 is 0 Å². The highest BCUT2D eigenvalue weighted by Gasteiger charge is 2.10. The summed E-state index contributed by atoms with van der Waals surface area (Å²) in [5, 5.41) is 4.36. The molecule has 1 heterocycles. The van der Waals surface area contributed by atoms with Crippen LogP contribution in [-0.4, -0.2) is 15.5 Å². The van der Waals surface area contributed by atoms with Crippen molar-refractivity contribution in [1.82, 2.24) is 14.9 Å². The van der Waals surface area contributed by atoms with Crippen LogP contribution >= 0.6 is 47.2 Å². The van der Waals surface area contributed by atoms with Crippen LogP contribution in [0.5, 0.6) is 0 Å². The van der Waals surface area contributed by atoms with E-state index in [1.807, 2.05) is 23.8 Å². The zero-order chi connectivity index (χ0) is 19.2. The van der Waals surface area contributed by atoms with E-state index in [1.165, 1.54) is 5.56 Å². The van der Waals surface area contributed by atoms with Crippen molar-refractivity contribution in [3.8, 4) is 0 Å². The lowest BCUT2D eigenvalue weighted by Gasteiger charge is -2.16. The first-order valence-electron chi connectivity index (χ1n) is 8.56. The molecule has 1 aromatic heterocycles. The van der Waals surface area contributed by atoms with E-state index in [2.05, 4.69) is 39.6 Å². The number of nitrogens with two attached hydrogens (primary N) is 1. The van der Waals surface area contributed by atoms with Crippen LogP contribution in [0, 0.1) is 0 Å². The molecule has 0 aliphatic heterocycles. The lowest BCUT2D eigenvalue weighted by atomic mass is 10.1. The Labute approximate surface area is 192 Å². The minimum Gasteiger partial charge on any atom is -0.370 e. The third-order valence-electron chi connectivity index (χ3n) is 4.17. The fourth-order valence-corrected chi connectivity index (χ4v) is 3.29. The number of nitrogens with zero attached hydrogens (tertiary/aromatic N) is 3. The average molecular weight is 530 g/mol. The molecule has 0 radical (unpaired) electrons. The van der Waals surface area contributed by atoms with Crippen LogP contribution in [0.25, 0.3) is 0 Å².